The second-order valence-electron chi connectivity index (χ2n) is 5.00. The van der Waals surface area contributed by atoms with Crippen LogP contribution in [0.3, 0.4) is 0 Å². The van der Waals surface area contributed by atoms with Gasteiger partial charge in [0.1, 0.15) is 0 Å². The molecular formula is C12H20N4O. The molecule has 0 bridgehead atoms. The van der Waals surface area contributed by atoms with Crippen LogP contribution in [0.5, 0.6) is 0 Å². The molecular weight excluding hydrogens is 216 g/mol. The SMILES string of the molecule is C1CCN(c2noc(C3CCNCC3)n2)CC1. The fraction of sp³-hybridized carbons (Fsp3) is 0.833. The highest BCUT2D eigenvalue weighted by Gasteiger charge is 2.23. The third-order valence-corrected chi connectivity index (χ3v) is 3.76. The topological polar surface area (TPSA) is 54.2 Å². The van der Waals surface area contributed by atoms with Crippen molar-refractivity contribution in [3.8, 4) is 0 Å². The van der Waals surface area contributed by atoms with Gasteiger partial charge in [-0.1, -0.05) is 0 Å². The first-order valence-electron chi connectivity index (χ1n) is 6.73. The van der Waals surface area contributed by atoms with Gasteiger partial charge in [-0.05, 0) is 50.4 Å². The molecule has 17 heavy (non-hydrogen) atoms. The Labute approximate surface area is 102 Å². The molecule has 0 unspecified atom stereocenters. The van der Waals surface area contributed by atoms with Gasteiger partial charge in [0, 0.05) is 19.0 Å². The minimum atomic E-state index is 0.460. The van der Waals surface area contributed by atoms with Crippen LogP contribution < -0.4 is 10.2 Å². The van der Waals surface area contributed by atoms with E-state index in [1.165, 1.54) is 19.3 Å². The first-order valence-corrected chi connectivity index (χ1v) is 6.73. The molecule has 2 aliphatic rings. The molecule has 0 saturated carbocycles. The van der Waals surface area contributed by atoms with Gasteiger partial charge in [0.15, 0.2) is 0 Å². The Bertz CT molecular complexity index is 321. The molecule has 5 heteroatoms. The normalized spacial score (nSPS) is 22.9. The van der Waals surface area contributed by atoms with E-state index < -0.39 is 0 Å². The van der Waals surface area contributed by atoms with Gasteiger partial charge in [0.25, 0.3) is 5.95 Å². The number of hydrogen-bond acceptors (Lipinski definition) is 5. The van der Waals surface area contributed by atoms with Gasteiger partial charge in [0.2, 0.25) is 5.89 Å². The summed E-state index contributed by atoms with van der Waals surface area (Å²) in [7, 11) is 0. The molecule has 2 aliphatic heterocycles. The Morgan fingerprint density at radius 2 is 1.88 bits per heavy atom. The molecule has 2 fully saturated rings. The van der Waals surface area contributed by atoms with E-state index in [1.54, 1.807) is 0 Å². The maximum atomic E-state index is 5.43. The summed E-state index contributed by atoms with van der Waals surface area (Å²) in [5.41, 5.74) is 0. The van der Waals surface area contributed by atoms with Crippen LogP contribution in [0.1, 0.15) is 43.9 Å². The number of aromatic nitrogens is 2. The van der Waals surface area contributed by atoms with Crippen molar-refractivity contribution < 1.29 is 4.52 Å². The zero-order valence-corrected chi connectivity index (χ0v) is 10.2. The van der Waals surface area contributed by atoms with Gasteiger partial charge < -0.3 is 14.7 Å². The van der Waals surface area contributed by atoms with Gasteiger partial charge in [-0.25, -0.2) is 0 Å². The first-order chi connectivity index (χ1) is 8.43. The van der Waals surface area contributed by atoms with Crippen molar-refractivity contribution >= 4 is 5.95 Å². The summed E-state index contributed by atoms with van der Waals surface area (Å²) in [6.07, 6.45) is 6.05. The minimum absolute atomic E-state index is 0.460. The van der Waals surface area contributed by atoms with Crippen molar-refractivity contribution in [2.75, 3.05) is 31.1 Å². The molecule has 0 aromatic carbocycles. The van der Waals surface area contributed by atoms with E-state index >= 15 is 0 Å². The van der Waals surface area contributed by atoms with Gasteiger partial charge in [-0.3, -0.25) is 0 Å². The quantitative estimate of drug-likeness (QED) is 0.844. The molecule has 0 spiro atoms. The molecule has 5 nitrogen and oxygen atoms in total. The number of nitrogens with zero attached hydrogens (tertiary/aromatic N) is 3. The van der Waals surface area contributed by atoms with Crippen LogP contribution in [0, 0.1) is 0 Å². The van der Waals surface area contributed by atoms with Crippen LogP contribution in [0.4, 0.5) is 5.95 Å². The van der Waals surface area contributed by atoms with E-state index in [4.69, 9.17) is 4.52 Å². The molecule has 0 atom stereocenters. The summed E-state index contributed by atoms with van der Waals surface area (Å²) in [4.78, 5) is 6.83. The lowest BCUT2D eigenvalue weighted by Crippen LogP contribution is -2.30. The maximum Gasteiger partial charge on any atom is 0.266 e. The summed E-state index contributed by atoms with van der Waals surface area (Å²) >= 11 is 0. The van der Waals surface area contributed by atoms with Crippen molar-refractivity contribution in [1.82, 2.24) is 15.5 Å². The van der Waals surface area contributed by atoms with Gasteiger partial charge in [-0.15, -0.1) is 0 Å². The zero-order valence-electron chi connectivity index (χ0n) is 10.2. The lowest BCUT2D eigenvalue weighted by molar-refractivity contribution is 0.320. The lowest BCUT2D eigenvalue weighted by atomic mass is 9.98. The molecule has 94 valence electrons. The monoisotopic (exact) mass is 236 g/mol. The summed E-state index contributed by atoms with van der Waals surface area (Å²) in [6.45, 7) is 4.27. The average Bonchev–Trinajstić information content (AvgIpc) is 2.90. The molecule has 0 aliphatic carbocycles. The van der Waals surface area contributed by atoms with Crippen LogP contribution in [0.2, 0.25) is 0 Å². The molecule has 1 aromatic heterocycles. The Hall–Kier alpha value is -1.10. The van der Waals surface area contributed by atoms with E-state index in [-0.39, 0.29) is 0 Å². The summed E-state index contributed by atoms with van der Waals surface area (Å²) < 4.78 is 5.43. The van der Waals surface area contributed by atoms with E-state index in [0.29, 0.717) is 5.92 Å². The molecule has 3 rings (SSSR count). The molecule has 1 N–H and O–H groups in total. The minimum Gasteiger partial charge on any atom is -0.338 e. The van der Waals surface area contributed by atoms with Crippen molar-refractivity contribution in [2.45, 2.75) is 38.0 Å². The Balaban J connectivity index is 1.68. The predicted molar refractivity (Wildman–Crippen MR) is 65.2 cm³/mol. The highest BCUT2D eigenvalue weighted by Crippen LogP contribution is 2.25. The van der Waals surface area contributed by atoms with Crippen LogP contribution >= 0.6 is 0 Å². The van der Waals surface area contributed by atoms with Crippen LogP contribution in [0.15, 0.2) is 4.52 Å². The number of hydrogen-bond donors (Lipinski definition) is 1. The molecule has 3 heterocycles. The molecule has 0 radical (unpaired) electrons. The van der Waals surface area contributed by atoms with Gasteiger partial charge >= 0.3 is 0 Å². The number of piperidine rings is 2. The lowest BCUT2D eigenvalue weighted by Gasteiger charge is -2.24. The predicted octanol–water partition coefficient (Wildman–Crippen LogP) is 1.53. The van der Waals surface area contributed by atoms with E-state index in [9.17, 15) is 0 Å². The maximum absolute atomic E-state index is 5.43. The Morgan fingerprint density at radius 3 is 2.65 bits per heavy atom. The summed E-state index contributed by atoms with van der Waals surface area (Å²) in [6, 6.07) is 0. The number of anilines is 1. The van der Waals surface area contributed by atoms with Crippen molar-refractivity contribution in [3.05, 3.63) is 5.89 Å². The smallest absolute Gasteiger partial charge is 0.266 e. The zero-order chi connectivity index (χ0) is 11.5. The first kappa shape index (κ1) is 11.0. The van der Waals surface area contributed by atoms with Crippen molar-refractivity contribution in [2.24, 2.45) is 0 Å². The van der Waals surface area contributed by atoms with Crippen LogP contribution in [-0.2, 0) is 0 Å². The fourth-order valence-corrected chi connectivity index (χ4v) is 2.68. The van der Waals surface area contributed by atoms with Gasteiger partial charge in [0.05, 0.1) is 0 Å². The molecule has 2 saturated heterocycles. The van der Waals surface area contributed by atoms with Crippen LogP contribution in [-0.4, -0.2) is 36.3 Å². The Kier molecular flexibility index (Phi) is 3.27. The second-order valence-corrected chi connectivity index (χ2v) is 5.00. The molecule has 0 amide bonds. The van der Waals surface area contributed by atoms with E-state index in [0.717, 1.165) is 50.9 Å². The number of rotatable bonds is 2. The van der Waals surface area contributed by atoms with E-state index in [1.807, 2.05) is 0 Å². The largest absolute Gasteiger partial charge is 0.338 e. The van der Waals surface area contributed by atoms with Crippen LogP contribution in [0.25, 0.3) is 0 Å². The highest BCUT2D eigenvalue weighted by atomic mass is 16.5. The average molecular weight is 236 g/mol. The number of nitrogens with one attached hydrogen (secondary N) is 1. The van der Waals surface area contributed by atoms with Gasteiger partial charge in [-0.2, -0.15) is 4.98 Å². The second kappa shape index (κ2) is 5.04. The standard InChI is InChI=1S/C12H20N4O/c1-2-8-16(9-3-1)12-14-11(17-15-12)10-4-6-13-7-5-10/h10,13H,1-9H2. The molecule has 1 aromatic rings. The van der Waals surface area contributed by atoms with E-state index in [2.05, 4.69) is 20.4 Å². The third kappa shape index (κ3) is 2.44. The van der Waals surface area contributed by atoms with Crippen molar-refractivity contribution in [1.29, 1.82) is 0 Å². The fourth-order valence-electron chi connectivity index (χ4n) is 2.68. The summed E-state index contributed by atoms with van der Waals surface area (Å²) in [5.74, 6) is 2.10. The summed E-state index contributed by atoms with van der Waals surface area (Å²) in [5, 5.41) is 7.49. The highest BCUT2D eigenvalue weighted by molar-refractivity contribution is 5.28. The van der Waals surface area contributed by atoms with Crippen molar-refractivity contribution in [3.63, 3.8) is 0 Å². The Morgan fingerprint density at radius 1 is 1.12 bits per heavy atom. The third-order valence-electron chi connectivity index (χ3n) is 3.76.